The lowest BCUT2D eigenvalue weighted by molar-refractivity contribution is -0.303. The van der Waals surface area contributed by atoms with E-state index in [4.69, 9.17) is 9.47 Å². The average molecular weight is 158 g/mol. The highest BCUT2D eigenvalue weighted by Gasteiger charge is 2.43. The molecule has 1 aliphatic heterocycles. The molecule has 64 valence electrons. The van der Waals surface area contributed by atoms with Gasteiger partial charge < -0.3 is 14.6 Å². The van der Waals surface area contributed by atoms with Crippen LogP contribution in [0.1, 0.15) is 32.6 Å². The third kappa shape index (κ3) is 1.41. The minimum absolute atomic E-state index is 0.138. The second-order valence-corrected chi connectivity index (χ2v) is 3.49. The molecule has 1 unspecified atom stereocenters. The van der Waals surface area contributed by atoms with Gasteiger partial charge in [-0.05, 0) is 12.8 Å². The van der Waals surface area contributed by atoms with Gasteiger partial charge in [0.05, 0.1) is 12.2 Å². The van der Waals surface area contributed by atoms with Crippen LogP contribution in [-0.2, 0) is 9.47 Å². The van der Waals surface area contributed by atoms with E-state index in [1.54, 1.807) is 6.92 Å². The minimum atomic E-state index is -1.32. The van der Waals surface area contributed by atoms with Crippen LogP contribution in [0.2, 0.25) is 0 Å². The van der Waals surface area contributed by atoms with Gasteiger partial charge in [-0.15, -0.1) is 0 Å². The maximum atomic E-state index is 9.38. The van der Waals surface area contributed by atoms with Crippen LogP contribution in [0.15, 0.2) is 0 Å². The molecule has 0 aromatic carbocycles. The third-order valence-corrected chi connectivity index (χ3v) is 2.38. The van der Waals surface area contributed by atoms with Crippen LogP contribution < -0.4 is 0 Å². The molecule has 0 radical (unpaired) electrons. The number of ether oxygens (including phenoxy) is 2. The van der Waals surface area contributed by atoms with E-state index >= 15 is 0 Å². The SMILES string of the molecule is CC1(O)O[C@H]2CCCC[C@H]2O1. The molecule has 1 saturated carbocycles. The Kier molecular flexibility index (Phi) is 1.67. The van der Waals surface area contributed by atoms with Crippen molar-refractivity contribution in [1.29, 1.82) is 0 Å². The Morgan fingerprint density at radius 1 is 1.18 bits per heavy atom. The van der Waals surface area contributed by atoms with Crippen molar-refractivity contribution in [3.05, 3.63) is 0 Å². The van der Waals surface area contributed by atoms with Crippen LogP contribution in [0, 0.1) is 0 Å². The molecule has 1 aliphatic carbocycles. The number of hydrogen-bond donors (Lipinski definition) is 1. The van der Waals surface area contributed by atoms with Crippen molar-refractivity contribution in [2.75, 3.05) is 0 Å². The highest BCUT2D eigenvalue weighted by molar-refractivity contribution is 4.82. The average Bonchev–Trinajstić information content (AvgIpc) is 2.21. The molecule has 1 saturated heterocycles. The first-order valence-corrected chi connectivity index (χ1v) is 4.25. The van der Waals surface area contributed by atoms with Crippen LogP contribution in [0.3, 0.4) is 0 Å². The Morgan fingerprint density at radius 3 is 2.09 bits per heavy atom. The highest BCUT2D eigenvalue weighted by atomic mass is 16.9. The summed E-state index contributed by atoms with van der Waals surface area (Å²) in [5.41, 5.74) is 0. The van der Waals surface area contributed by atoms with Crippen molar-refractivity contribution in [2.45, 2.75) is 50.8 Å². The fraction of sp³-hybridized carbons (Fsp3) is 1.00. The summed E-state index contributed by atoms with van der Waals surface area (Å²) in [5.74, 6) is -1.32. The maximum Gasteiger partial charge on any atom is 0.278 e. The predicted molar refractivity (Wildman–Crippen MR) is 38.8 cm³/mol. The topological polar surface area (TPSA) is 38.7 Å². The molecule has 0 amide bonds. The molecular formula is C8H14O3. The van der Waals surface area contributed by atoms with Gasteiger partial charge in [-0.3, -0.25) is 0 Å². The lowest BCUT2D eigenvalue weighted by Crippen LogP contribution is -2.25. The zero-order chi connectivity index (χ0) is 7.90. The Labute approximate surface area is 66.3 Å². The molecule has 0 aromatic heterocycles. The van der Waals surface area contributed by atoms with Gasteiger partial charge in [0.2, 0.25) is 0 Å². The Morgan fingerprint density at radius 2 is 1.64 bits per heavy atom. The summed E-state index contributed by atoms with van der Waals surface area (Å²) in [6.07, 6.45) is 4.72. The lowest BCUT2D eigenvalue weighted by atomic mass is 9.95. The van der Waals surface area contributed by atoms with Crippen LogP contribution in [0.25, 0.3) is 0 Å². The van der Waals surface area contributed by atoms with E-state index in [9.17, 15) is 5.11 Å². The van der Waals surface area contributed by atoms with Gasteiger partial charge in [0.15, 0.2) is 0 Å². The number of fused-ring (bicyclic) bond motifs is 1. The van der Waals surface area contributed by atoms with E-state index in [2.05, 4.69) is 0 Å². The number of hydrogen-bond acceptors (Lipinski definition) is 3. The Bertz CT molecular complexity index is 139. The summed E-state index contributed by atoms with van der Waals surface area (Å²) in [5, 5.41) is 9.38. The van der Waals surface area contributed by atoms with E-state index in [0.717, 1.165) is 12.8 Å². The van der Waals surface area contributed by atoms with E-state index in [1.165, 1.54) is 12.8 Å². The van der Waals surface area contributed by atoms with Gasteiger partial charge >= 0.3 is 0 Å². The molecule has 0 aromatic rings. The van der Waals surface area contributed by atoms with E-state index in [0.29, 0.717) is 0 Å². The van der Waals surface area contributed by atoms with Gasteiger partial charge in [0.1, 0.15) is 0 Å². The molecule has 0 spiro atoms. The van der Waals surface area contributed by atoms with E-state index in [-0.39, 0.29) is 12.2 Å². The maximum absolute atomic E-state index is 9.38. The summed E-state index contributed by atoms with van der Waals surface area (Å²) >= 11 is 0. The highest BCUT2D eigenvalue weighted by Crippen LogP contribution is 2.35. The van der Waals surface area contributed by atoms with Crippen molar-refractivity contribution in [1.82, 2.24) is 0 Å². The second kappa shape index (κ2) is 2.44. The van der Waals surface area contributed by atoms with Gasteiger partial charge in [-0.25, -0.2) is 0 Å². The van der Waals surface area contributed by atoms with Crippen molar-refractivity contribution >= 4 is 0 Å². The van der Waals surface area contributed by atoms with Crippen LogP contribution >= 0.6 is 0 Å². The fourth-order valence-electron chi connectivity index (χ4n) is 1.92. The molecule has 3 atom stereocenters. The monoisotopic (exact) mass is 158 g/mol. The summed E-state index contributed by atoms with van der Waals surface area (Å²) in [4.78, 5) is 0. The molecule has 1 heterocycles. The summed E-state index contributed by atoms with van der Waals surface area (Å²) in [7, 11) is 0. The molecule has 2 aliphatic rings. The summed E-state index contributed by atoms with van der Waals surface area (Å²) in [6.45, 7) is 1.56. The molecule has 1 N–H and O–H groups in total. The van der Waals surface area contributed by atoms with Crippen molar-refractivity contribution in [3.63, 3.8) is 0 Å². The largest absolute Gasteiger partial charge is 0.344 e. The first-order valence-electron chi connectivity index (χ1n) is 4.25. The molecule has 3 heteroatoms. The van der Waals surface area contributed by atoms with Gasteiger partial charge in [-0.2, -0.15) is 0 Å². The second-order valence-electron chi connectivity index (χ2n) is 3.49. The quantitative estimate of drug-likeness (QED) is 0.571. The fourth-order valence-corrected chi connectivity index (χ4v) is 1.92. The first-order chi connectivity index (χ1) is 5.17. The van der Waals surface area contributed by atoms with Crippen molar-refractivity contribution in [2.24, 2.45) is 0 Å². The molecule has 2 fully saturated rings. The normalized spacial score (nSPS) is 50.7. The summed E-state index contributed by atoms with van der Waals surface area (Å²) in [6, 6.07) is 0. The lowest BCUT2D eigenvalue weighted by Gasteiger charge is -2.20. The van der Waals surface area contributed by atoms with Gasteiger partial charge in [0, 0.05) is 6.92 Å². The van der Waals surface area contributed by atoms with Crippen molar-refractivity contribution in [3.8, 4) is 0 Å². The zero-order valence-electron chi connectivity index (χ0n) is 6.75. The van der Waals surface area contributed by atoms with Gasteiger partial charge in [0.25, 0.3) is 5.97 Å². The predicted octanol–water partition coefficient (Wildman–Crippen LogP) is 1.01. The molecule has 2 rings (SSSR count). The van der Waals surface area contributed by atoms with E-state index in [1.807, 2.05) is 0 Å². The summed E-state index contributed by atoms with van der Waals surface area (Å²) < 4.78 is 10.6. The van der Waals surface area contributed by atoms with Crippen LogP contribution in [0.4, 0.5) is 0 Å². The minimum Gasteiger partial charge on any atom is -0.344 e. The van der Waals surface area contributed by atoms with Crippen LogP contribution in [0.5, 0.6) is 0 Å². The van der Waals surface area contributed by atoms with E-state index < -0.39 is 5.97 Å². The van der Waals surface area contributed by atoms with Crippen LogP contribution in [-0.4, -0.2) is 23.3 Å². The molecule has 0 bridgehead atoms. The first kappa shape index (κ1) is 7.53. The number of aliphatic hydroxyl groups is 1. The standard InChI is InChI=1S/C8H14O3/c1-8(9)10-6-4-2-3-5-7(6)11-8/h6-7,9H,2-5H2,1H3/t6-,7+,8?. The smallest absolute Gasteiger partial charge is 0.278 e. The Balaban J connectivity index is 2.03. The molecule has 3 nitrogen and oxygen atoms in total. The van der Waals surface area contributed by atoms with Gasteiger partial charge in [-0.1, -0.05) is 12.8 Å². The Hall–Kier alpha value is -0.120. The molecule has 11 heavy (non-hydrogen) atoms. The number of rotatable bonds is 0. The zero-order valence-corrected chi connectivity index (χ0v) is 6.75. The van der Waals surface area contributed by atoms with Crippen molar-refractivity contribution < 1.29 is 14.6 Å². The third-order valence-electron chi connectivity index (χ3n) is 2.38. The molecular weight excluding hydrogens is 144 g/mol.